The molecule has 0 fully saturated rings. The van der Waals surface area contributed by atoms with Crippen LogP contribution in [0.5, 0.6) is 11.5 Å². The molecule has 0 aromatic heterocycles. The predicted octanol–water partition coefficient (Wildman–Crippen LogP) is 4.68. The molecule has 6 nitrogen and oxygen atoms in total. The number of amides is 2. The number of hydrogen-bond donors (Lipinski definition) is 1. The predicted molar refractivity (Wildman–Crippen MR) is 119 cm³/mol. The van der Waals surface area contributed by atoms with Gasteiger partial charge in [-0.2, -0.15) is 0 Å². The topological polar surface area (TPSA) is 67.9 Å². The molecule has 8 heteroatoms. The van der Waals surface area contributed by atoms with E-state index in [4.69, 9.17) is 21.1 Å². The Kier molecular flexibility index (Phi) is 6.01. The highest BCUT2D eigenvalue weighted by Gasteiger charge is 2.35. The third kappa shape index (κ3) is 3.99. The van der Waals surface area contributed by atoms with E-state index in [1.54, 1.807) is 48.5 Å². The zero-order chi connectivity index (χ0) is 22.8. The second-order valence-electron chi connectivity index (χ2n) is 7.21. The fourth-order valence-electron chi connectivity index (χ4n) is 3.88. The normalized spacial score (nSPS) is 15.4. The third-order valence-corrected chi connectivity index (χ3v) is 5.52. The molecular weight excluding hydrogens is 435 g/mol. The molecule has 0 saturated heterocycles. The lowest BCUT2D eigenvalue weighted by molar-refractivity contribution is -0.117. The van der Waals surface area contributed by atoms with Crippen LogP contribution in [0.4, 0.5) is 10.1 Å². The van der Waals surface area contributed by atoms with Crippen LogP contribution >= 0.6 is 11.6 Å². The number of rotatable bonds is 4. The Labute approximate surface area is 189 Å². The van der Waals surface area contributed by atoms with Gasteiger partial charge in [-0.05, 0) is 48.0 Å². The van der Waals surface area contributed by atoms with Gasteiger partial charge in [0, 0.05) is 16.3 Å². The molecule has 0 radical (unpaired) electrons. The van der Waals surface area contributed by atoms with Crippen LogP contribution in [-0.2, 0) is 4.79 Å². The van der Waals surface area contributed by atoms with Crippen molar-refractivity contribution in [2.24, 2.45) is 0 Å². The van der Waals surface area contributed by atoms with Gasteiger partial charge >= 0.3 is 0 Å². The highest BCUT2D eigenvalue weighted by Crippen LogP contribution is 2.40. The van der Waals surface area contributed by atoms with E-state index < -0.39 is 17.8 Å². The molecule has 32 heavy (non-hydrogen) atoms. The van der Waals surface area contributed by atoms with Gasteiger partial charge in [-0.25, -0.2) is 4.39 Å². The highest BCUT2D eigenvalue weighted by atomic mass is 35.5. The molecule has 0 saturated carbocycles. The van der Waals surface area contributed by atoms with Crippen LogP contribution in [0.15, 0.2) is 60.7 Å². The number of nitrogens with zero attached hydrogens (tertiary/aromatic N) is 1. The van der Waals surface area contributed by atoms with Crippen molar-refractivity contribution in [1.29, 1.82) is 0 Å². The molecule has 1 unspecified atom stereocenters. The lowest BCUT2D eigenvalue weighted by Crippen LogP contribution is -2.39. The SMILES string of the molecule is COc1cccc(C(=O)N2CC(=O)Nc3ccc(Cl)cc3C2c2ccc(F)cc2)c1OC. The maximum absolute atomic E-state index is 13.8. The van der Waals surface area contributed by atoms with Crippen molar-refractivity contribution in [1.82, 2.24) is 4.90 Å². The summed E-state index contributed by atoms with van der Waals surface area (Å²) in [4.78, 5) is 27.9. The minimum Gasteiger partial charge on any atom is -0.493 e. The molecule has 1 atom stereocenters. The van der Waals surface area contributed by atoms with E-state index >= 15 is 0 Å². The van der Waals surface area contributed by atoms with Crippen molar-refractivity contribution in [2.45, 2.75) is 6.04 Å². The largest absolute Gasteiger partial charge is 0.493 e. The fourth-order valence-corrected chi connectivity index (χ4v) is 4.06. The van der Waals surface area contributed by atoms with E-state index in [0.29, 0.717) is 27.6 Å². The van der Waals surface area contributed by atoms with Crippen molar-refractivity contribution in [2.75, 3.05) is 26.1 Å². The Bertz CT molecular complexity index is 1180. The summed E-state index contributed by atoms with van der Waals surface area (Å²) in [7, 11) is 2.92. The van der Waals surface area contributed by atoms with E-state index in [0.717, 1.165) is 0 Å². The molecule has 0 aliphatic carbocycles. The molecule has 1 aliphatic heterocycles. The van der Waals surface area contributed by atoms with Crippen molar-refractivity contribution < 1.29 is 23.5 Å². The summed E-state index contributed by atoms with van der Waals surface area (Å²) in [5.41, 5.74) is 2.01. The number of hydrogen-bond acceptors (Lipinski definition) is 4. The molecule has 1 N–H and O–H groups in total. The van der Waals surface area contributed by atoms with Crippen molar-refractivity contribution in [3.8, 4) is 11.5 Å². The van der Waals surface area contributed by atoms with Crippen LogP contribution < -0.4 is 14.8 Å². The van der Waals surface area contributed by atoms with Crippen LogP contribution in [0.2, 0.25) is 5.02 Å². The van der Waals surface area contributed by atoms with Gasteiger partial charge in [0.05, 0.1) is 25.8 Å². The molecular formula is C24H20ClFN2O4. The van der Waals surface area contributed by atoms with Gasteiger partial charge in [0.2, 0.25) is 5.91 Å². The van der Waals surface area contributed by atoms with Crippen LogP contribution in [0.25, 0.3) is 0 Å². The standard InChI is InChI=1S/C24H20ClFN2O4/c1-31-20-5-3-4-17(23(20)32-2)24(30)28-13-21(29)27-19-11-8-15(25)12-18(19)22(28)14-6-9-16(26)10-7-14/h3-12,22H,13H2,1-2H3,(H,27,29). The summed E-state index contributed by atoms with van der Waals surface area (Å²) < 4.78 is 24.4. The van der Waals surface area contributed by atoms with Gasteiger partial charge in [0.15, 0.2) is 11.5 Å². The van der Waals surface area contributed by atoms with Gasteiger partial charge in [-0.15, -0.1) is 0 Å². The molecule has 1 heterocycles. The number of benzene rings is 3. The summed E-state index contributed by atoms with van der Waals surface area (Å²) >= 11 is 6.26. The van der Waals surface area contributed by atoms with Gasteiger partial charge < -0.3 is 19.7 Å². The van der Waals surface area contributed by atoms with E-state index in [-0.39, 0.29) is 23.8 Å². The zero-order valence-electron chi connectivity index (χ0n) is 17.4. The van der Waals surface area contributed by atoms with Gasteiger partial charge in [-0.1, -0.05) is 29.8 Å². The summed E-state index contributed by atoms with van der Waals surface area (Å²) in [6.07, 6.45) is 0. The van der Waals surface area contributed by atoms with Gasteiger partial charge in [0.1, 0.15) is 12.4 Å². The van der Waals surface area contributed by atoms with Crippen molar-refractivity contribution in [3.05, 3.63) is 88.2 Å². The number of halogens is 2. The number of carbonyl (C=O) groups is 2. The first kappa shape index (κ1) is 21.6. The Morgan fingerprint density at radius 3 is 2.53 bits per heavy atom. The Balaban J connectivity index is 1.91. The highest BCUT2D eigenvalue weighted by molar-refractivity contribution is 6.30. The Morgan fingerprint density at radius 2 is 1.84 bits per heavy atom. The average molecular weight is 455 g/mol. The van der Waals surface area contributed by atoms with Gasteiger partial charge in [-0.3, -0.25) is 9.59 Å². The van der Waals surface area contributed by atoms with E-state index in [9.17, 15) is 14.0 Å². The van der Waals surface area contributed by atoms with Crippen LogP contribution in [-0.4, -0.2) is 37.5 Å². The Hall–Kier alpha value is -3.58. The minimum atomic E-state index is -0.702. The average Bonchev–Trinajstić information content (AvgIpc) is 2.94. The molecule has 0 spiro atoms. The lowest BCUT2D eigenvalue weighted by atomic mass is 9.95. The number of carbonyl (C=O) groups excluding carboxylic acids is 2. The van der Waals surface area contributed by atoms with E-state index in [1.807, 2.05) is 0 Å². The first-order valence-electron chi connectivity index (χ1n) is 9.79. The fraction of sp³-hybridized carbons (Fsp3) is 0.167. The molecule has 2 amide bonds. The molecule has 3 aromatic carbocycles. The second kappa shape index (κ2) is 8.88. The monoisotopic (exact) mass is 454 g/mol. The first-order valence-corrected chi connectivity index (χ1v) is 10.2. The zero-order valence-corrected chi connectivity index (χ0v) is 18.2. The molecule has 1 aliphatic rings. The number of ether oxygens (including phenoxy) is 2. The number of fused-ring (bicyclic) bond motifs is 1. The molecule has 4 rings (SSSR count). The Morgan fingerprint density at radius 1 is 1.09 bits per heavy atom. The van der Waals surface area contributed by atoms with E-state index in [2.05, 4.69) is 5.32 Å². The maximum Gasteiger partial charge on any atom is 0.259 e. The summed E-state index contributed by atoms with van der Waals surface area (Å²) in [5.74, 6) is -0.574. The van der Waals surface area contributed by atoms with E-state index in [1.165, 1.54) is 31.3 Å². The smallest absolute Gasteiger partial charge is 0.259 e. The lowest BCUT2D eigenvalue weighted by Gasteiger charge is -2.31. The third-order valence-electron chi connectivity index (χ3n) is 5.29. The van der Waals surface area contributed by atoms with Crippen LogP contribution in [0.1, 0.15) is 27.5 Å². The second-order valence-corrected chi connectivity index (χ2v) is 7.64. The number of methoxy groups -OCH3 is 2. The summed E-state index contributed by atoms with van der Waals surface area (Å²) in [6, 6.07) is 15.1. The van der Waals surface area contributed by atoms with Crippen molar-refractivity contribution in [3.63, 3.8) is 0 Å². The number of anilines is 1. The van der Waals surface area contributed by atoms with Crippen molar-refractivity contribution >= 4 is 29.1 Å². The maximum atomic E-state index is 13.8. The van der Waals surface area contributed by atoms with Crippen LogP contribution in [0, 0.1) is 5.82 Å². The summed E-state index contributed by atoms with van der Waals surface area (Å²) in [6.45, 7) is -0.229. The minimum absolute atomic E-state index is 0.229. The molecule has 164 valence electrons. The quantitative estimate of drug-likeness (QED) is 0.621. The van der Waals surface area contributed by atoms with Crippen LogP contribution in [0.3, 0.4) is 0 Å². The number of nitrogens with one attached hydrogen (secondary N) is 1. The molecule has 0 bridgehead atoms. The molecule has 3 aromatic rings. The summed E-state index contributed by atoms with van der Waals surface area (Å²) in [5, 5.41) is 3.27. The number of para-hydroxylation sites is 1. The van der Waals surface area contributed by atoms with Gasteiger partial charge in [0.25, 0.3) is 5.91 Å². The first-order chi connectivity index (χ1) is 15.4.